The predicted octanol–water partition coefficient (Wildman–Crippen LogP) is 6.89. The van der Waals surface area contributed by atoms with Crippen molar-refractivity contribution in [1.82, 2.24) is 4.67 Å². The van der Waals surface area contributed by atoms with Gasteiger partial charge in [0.25, 0.3) is 0 Å². The molecule has 1 heterocycles. The number of unbranched alkanes of at least 4 members (excludes halogenated alkanes) is 5. The minimum absolute atomic E-state index is 0.668. The van der Waals surface area contributed by atoms with Crippen molar-refractivity contribution in [2.45, 2.75) is 58.8 Å². The predicted molar refractivity (Wildman–Crippen MR) is 132 cm³/mol. The van der Waals surface area contributed by atoms with Gasteiger partial charge in [-0.25, -0.2) is 0 Å². The van der Waals surface area contributed by atoms with Crippen LogP contribution in [0.25, 0.3) is 11.1 Å². The number of hydrogen-bond acceptors (Lipinski definition) is 1. The summed E-state index contributed by atoms with van der Waals surface area (Å²) in [7, 11) is 0. The van der Waals surface area contributed by atoms with Gasteiger partial charge < -0.3 is 4.74 Å². The van der Waals surface area contributed by atoms with Crippen LogP contribution >= 0.6 is 0 Å². The van der Waals surface area contributed by atoms with Gasteiger partial charge in [-0.2, -0.15) is 0 Å². The molecule has 0 bridgehead atoms. The summed E-state index contributed by atoms with van der Waals surface area (Å²) in [6.07, 6.45) is 11.1. The molecule has 0 saturated heterocycles. The smallest absolute Gasteiger partial charge is 0.391 e. The molecular formula is C29H32NO+. The molecular weight excluding hydrogens is 378 g/mol. The van der Waals surface area contributed by atoms with Crippen molar-refractivity contribution in [2.75, 3.05) is 0 Å². The van der Waals surface area contributed by atoms with Gasteiger partial charge in [-0.05, 0) is 65.4 Å². The van der Waals surface area contributed by atoms with Crippen LogP contribution in [0.4, 0.5) is 0 Å². The average Bonchev–Trinajstić information content (AvgIpc) is 2.81. The van der Waals surface area contributed by atoms with E-state index in [1.165, 1.54) is 60.8 Å². The monoisotopic (exact) mass is 410 g/mol. The standard InChI is InChI=1S/C29H32NO/c1-3-4-5-6-7-8-9-23-12-16-25(17-13-23)29-30-21-27-20-26(18-19-28(27)31-29)24-14-10-22(2)11-15-24/h10-21H,3-9H2,1-2H3/q+1. The largest absolute Gasteiger partial charge is 0.499 e. The molecule has 0 radical (unpaired) electrons. The minimum Gasteiger partial charge on any atom is -0.391 e. The van der Waals surface area contributed by atoms with Gasteiger partial charge in [0.05, 0.1) is 0 Å². The van der Waals surface area contributed by atoms with Crippen LogP contribution < -0.4 is 9.40 Å². The van der Waals surface area contributed by atoms with Gasteiger partial charge >= 0.3 is 12.1 Å². The van der Waals surface area contributed by atoms with E-state index in [2.05, 4.69) is 79.2 Å². The van der Waals surface area contributed by atoms with Gasteiger partial charge in [0.15, 0.2) is 0 Å². The van der Waals surface area contributed by atoms with Crippen molar-refractivity contribution in [1.29, 1.82) is 0 Å². The first-order chi connectivity index (χ1) is 15.2. The van der Waals surface area contributed by atoms with Gasteiger partial charge in [-0.15, -0.1) is 0 Å². The summed E-state index contributed by atoms with van der Waals surface area (Å²) >= 11 is 0. The Kier molecular flexibility index (Phi) is 7.02. The maximum absolute atomic E-state index is 6.12. The molecule has 0 aromatic heterocycles. The van der Waals surface area contributed by atoms with Gasteiger partial charge in [-0.3, -0.25) is 0 Å². The second kappa shape index (κ2) is 10.3. The lowest BCUT2D eigenvalue weighted by Crippen LogP contribution is -2.18. The van der Waals surface area contributed by atoms with Crippen molar-refractivity contribution in [2.24, 2.45) is 0 Å². The average molecular weight is 411 g/mol. The highest BCUT2D eigenvalue weighted by Gasteiger charge is 2.23. The highest BCUT2D eigenvalue weighted by molar-refractivity contribution is 6.02. The van der Waals surface area contributed by atoms with Gasteiger partial charge in [0.2, 0.25) is 0 Å². The van der Waals surface area contributed by atoms with Crippen LogP contribution in [0.1, 0.15) is 67.7 Å². The molecule has 0 amide bonds. The van der Waals surface area contributed by atoms with Crippen molar-refractivity contribution < 1.29 is 4.74 Å². The Labute approximate surface area is 186 Å². The van der Waals surface area contributed by atoms with Gasteiger partial charge in [0.1, 0.15) is 16.9 Å². The zero-order valence-electron chi connectivity index (χ0n) is 18.7. The van der Waals surface area contributed by atoms with E-state index in [0.29, 0.717) is 5.90 Å². The van der Waals surface area contributed by atoms with Crippen LogP contribution in [0.3, 0.4) is 0 Å². The molecule has 0 fully saturated rings. The summed E-state index contributed by atoms with van der Waals surface area (Å²) in [6, 6.07) is 23.6. The van der Waals surface area contributed by atoms with E-state index < -0.39 is 0 Å². The molecule has 158 valence electrons. The van der Waals surface area contributed by atoms with Gasteiger partial charge in [-0.1, -0.05) is 87.1 Å². The summed E-state index contributed by atoms with van der Waals surface area (Å²) in [4.78, 5) is 0. The first-order valence-corrected chi connectivity index (χ1v) is 11.6. The second-order valence-electron chi connectivity index (χ2n) is 8.50. The number of ether oxygens (including phenoxy) is 1. The first-order valence-electron chi connectivity index (χ1n) is 11.6. The summed E-state index contributed by atoms with van der Waals surface area (Å²) in [5, 5.41) is 0. The molecule has 31 heavy (non-hydrogen) atoms. The maximum atomic E-state index is 6.12. The molecule has 2 heteroatoms. The van der Waals surface area contributed by atoms with Gasteiger partial charge in [0, 0.05) is 0 Å². The SMILES string of the molecule is CCCCCCCCc1ccc(C2=[N+]=Cc3cc(-c4ccc(C)cc4)ccc3O2)cc1. The Bertz CT molecular complexity index is 1070. The maximum Gasteiger partial charge on any atom is 0.499 e. The summed E-state index contributed by atoms with van der Waals surface area (Å²) < 4.78 is 10.7. The van der Waals surface area contributed by atoms with Crippen molar-refractivity contribution in [3.05, 3.63) is 89.0 Å². The number of rotatable bonds is 9. The molecule has 0 aliphatic carbocycles. The summed E-state index contributed by atoms with van der Waals surface area (Å²) in [5.74, 6) is 1.53. The number of hydrogen-bond donors (Lipinski definition) is 0. The first kappa shape index (κ1) is 21.2. The lowest BCUT2D eigenvalue weighted by Gasteiger charge is -2.09. The zero-order valence-corrected chi connectivity index (χ0v) is 18.7. The second-order valence-corrected chi connectivity index (χ2v) is 8.50. The number of nitrogens with zero attached hydrogens (tertiary/aromatic N) is 1. The molecule has 2 nitrogen and oxygen atoms in total. The van der Waals surface area contributed by atoms with Crippen LogP contribution in [0, 0.1) is 6.92 Å². The van der Waals surface area contributed by atoms with Crippen molar-refractivity contribution in [3.8, 4) is 16.9 Å². The molecule has 1 aliphatic rings. The number of benzene rings is 3. The zero-order chi connectivity index (χ0) is 21.5. The highest BCUT2D eigenvalue weighted by atomic mass is 16.5. The van der Waals surface area contributed by atoms with E-state index in [9.17, 15) is 0 Å². The van der Waals surface area contributed by atoms with E-state index in [-0.39, 0.29) is 0 Å². The fourth-order valence-electron chi connectivity index (χ4n) is 3.98. The molecule has 3 aromatic carbocycles. The van der Waals surface area contributed by atoms with Crippen LogP contribution in [-0.2, 0) is 6.42 Å². The summed E-state index contributed by atoms with van der Waals surface area (Å²) in [6.45, 7) is 4.37. The van der Waals surface area contributed by atoms with Crippen molar-refractivity contribution >= 4 is 12.1 Å². The molecule has 0 atom stereocenters. The molecule has 0 saturated carbocycles. The number of fused-ring (bicyclic) bond motifs is 1. The van der Waals surface area contributed by atoms with Crippen LogP contribution in [-0.4, -0.2) is 12.1 Å². The highest BCUT2D eigenvalue weighted by Crippen LogP contribution is 2.27. The van der Waals surface area contributed by atoms with E-state index in [1.807, 2.05) is 12.3 Å². The topological polar surface area (TPSA) is 23.3 Å². The Hall–Kier alpha value is -3.09. The van der Waals surface area contributed by atoms with Crippen LogP contribution in [0.5, 0.6) is 5.75 Å². The Balaban J connectivity index is 1.40. The minimum atomic E-state index is 0.668. The van der Waals surface area contributed by atoms with Crippen LogP contribution in [0.15, 0.2) is 66.7 Å². The van der Waals surface area contributed by atoms with E-state index >= 15 is 0 Å². The number of aryl methyl sites for hydroxylation is 2. The third-order valence-electron chi connectivity index (χ3n) is 5.94. The third kappa shape index (κ3) is 5.54. The Morgan fingerprint density at radius 1 is 0.710 bits per heavy atom. The van der Waals surface area contributed by atoms with E-state index in [1.54, 1.807) is 0 Å². The normalized spacial score (nSPS) is 12.3. The van der Waals surface area contributed by atoms with E-state index in [4.69, 9.17) is 4.74 Å². The molecule has 0 N–H and O–H groups in total. The Morgan fingerprint density at radius 3 is 2.16 bits per heavy atom. The fraction of sp³-hybridized carbons (Fsp3) is 0.310. The fourth-order valence-corrected chi connectivity index (χ4v) is 3.98. The Morgan fingerprint density at radius 2 is 1.39 bits per heavy atom. The quantitative estimate of drug-likeness (QED) is 0.278. The van der Waals surface area contributed by atoms with E-state index in [0.717, 1.165) is 23.3 Å². The summed E-state index contributed by atoms with van der Waals surface area (Å²) in [5.41, 5.74) is 7.08. The molecule has 1 aliphatic heterocycles. The third-order valence-corrected chi connectivity index (χ3v) is 5.94. The molecule has 0 unspecified atom stereocenters. The molecule has 4 rings (SSSR count). The van der Waals surface area contributed by atoms with Crippen molar-refractivity contribution in [3.63, 3.8) is 0 Å². The lowest BCUT2D eigenvalue weighted by molar-refractivity contribution is 0.547. The molecule has 0 spiro atoms. The molecule has 3 aromatic rings. The van der Waals surface area contributed by atoms with Crippen LogP contribution in [0.2, 0.25) is 0 Å². The lowest BCUT2D eigenvalue weighted by atomic mass is 10.0.